The molecule has 2 aromatic heterocycles. The molecule has 3 aromatic rings. The minimum Gasteiger partial charge on any atom is -0.384 e. The van der Waals surface area contributed by atoms with Crippen LogP contribution < -0.4 is 5.73 Å². The number of aromatic nitrogens is 2. The summed E-state index contributed by atoms with van der Waals surface area (Å²) in [6.07, 6.45) is -10.9. The molecule has 0 spiro atoms. The molecule has 1 aromatic carbocycles. The Morgan fingerprint density at radius 1 is 0.848 bits per heavy atom. The number of nitrogen functional groups attached to an aromatic ring is 1. The van der Waals surface area contributed by atoms with E-state index in [1.807, 2.05) is 0 Å². The highest BCUT2D eigenvalue weighted by atomic mass is 35.5. The summed E-state index contributed by atoms with van der Waals surface area (Å²) in [7, 11) is -3.98. The van der Waals surface area contributed by atoms with E-state index >= 15 is 0 Å². The molecule has 0 bridgehead atoms. The summed E-state index contributed by atoms with van der Waals surface area (Å²) < 4.78 is 104. The van der Waals surface area contributed by atoms with Gasteiger partial charge in [0.2, 0.25) is 9.84 Å². The molecule has 0 unspecified atom stereocenters. The molecular formula is C19H12ClF6N3O3S. The van der Waals surface area contributed by atoms with E-state index in [9.17, 15) is 39.9 Å². The van der Waals surface area contributed by atoms with E-state index in [1.165, 1.54) is 24.3 Å². The van der Waals surface area contributed by atoms with Crippen LogP contribution in [0.1, 0.15) is 5.56 Å². The molecule has 0 saturated carbocycles. The van der Waals surface area contributed by atoms with Crippen LogP contribution in [0, 0.1) is 0 Å². The Hall–Kier alpha value is -2.90. The van der Waals surface area contributed by atoms with Gasteiger partial charge in [-0.2, -0.15) is 26.3 Å². The highest BCUT2D eigenvalue weighted by Crippen LogP contribution is 2.50. The molecule has 0 saturated heterocycles. The van der Waals surface area contributed by atoms with Gasteiger partial charge in [-0.3, -0.25) is 4.98 Å². The maximum absolute atomic E-state index is 13.1. The first kappa shape index (κ1) is 24.7. The van der Waals surface area contributed by atoms with Gasteiger partial charge < -0.3 is 10.8 Å². The van der Waals surface area contributed by atoms with Crippen molar-refractivity contribution >= 4 is 27.3 Å². The van der Waals surface area contributed by atoms with Gasteiger partial charge in [-0.05, 0) is 30.3 Å². The first-order valence-electron chi connectivity index (χ1n) is 8.68. The zero-order chi connectivity index (χ0) is 24.8. The van der Waals surface area contributed by atoms with Crippen molar-refractivity contribution in [1.82, 2.24) is 9.97 Å². The molecule has 0 radical (unpaired) electrons. The number of hydrogen-bond acceptors (Lipinski definition) is 6. The van der Waals surface area contributed by atoms with Gasteiger partial charge in [0.1, 0.15) is 5.82 Å². The summed E-state index contributed by atoms with van der Waals surface area (Å²) in [5.41, 5.74) is -1.50. The lowest BCUT2D eigenvalue weighted by molar-refractivity contribution is -0.376. The van der Waals surface area contributed by atoms with Crippen molar-refractivity contribution in [3.63, 3.8) is 0 Å². The third kappa shape index (κ3) is 4.35. The second kappa shape index (κ2) is 8.15. The summed E-state index contributed by atoms with van der Waals surface area (Å²) in [5.74, 6) is 0.108. The number of halogens is 7. The molecule has 0 aliphatic rings. The number of pyridine rings is 2. The highest BCUT2D eigenvalue weighted by Gasteiger charge is 2.71. The van der Waals surface area contributed by atoms with Gasteiger partial charge in [0.05, 0.1) is 20.5 Å². The molecule has 0 aliphatic carbocycles. The van der Waals surface area contributed by atoms with E-state index < -0.39 is 38.4 Å². The fraction of sp³-hybridized carbons (Fsp3) is 0.158. The van der Waals surface area contributed by atoms with E-state index in [2.05, 4.69) is 9.97 Å². The summed E-state index contributed by atoms with van der Waals surface area (Å²) in [6.45, 7) is 0. The van der Waals surface area contributed by atoms with Gasteiger partial charge in [0, 0.05) is 23.5 Å². The monoisotopic (exact) mass is 511 g/mol. The number of anilines is 1. The van der Waals surface area contributed by atoms with E-state index in [-0.39, 0.29) is 33.1 Å². The number of nitrogens with two attached hydrogens (primary N) is 1. The number of alkyl halides is 6. The Bertz CT molecular complexity index is 1260. The Labute approximate surface area is 187 Å². The smallest absolute Gasteiger partial charge is 0.384 e. The molecule has 3 rings (SSSR count). The van der Waals surface area contributed by atoms with Crippen LogP contribution in [0.15, 0.2) is 64.6 Å². The van der Waals surface area contributed by atoms with E-state index in [0.29, 0.717) is 6.07 Å². The van der Waals surface area contributed by atoms with Crippen molar-refractivity contribution in [3.05, 3.63) is 65.4 Å². The summed E-state index contributed by atoms with van der Waals surface area (Å²) in [4.78, 5) is 6.92. The largest absolute Gasteiger partial charge is 0.430 e. The zero-order valence-corrected chi connectivity index (χ0v) is 17.6. The average Bonchev–Trinajstić information content (AvgIpc) is 2.72. The minimum atomic E-state index is -6.09. The van der Waals surface area contributed by atoms with Gasteiger partial charge in [-0.15, -0.1) is 0 Å². The first-order chi connectivity index (χ1) is 15.1. The number of rotatable bonds is 4. The molecule has 33 heavy (non-hydrogen) atoms. The molecule has 0 amide bonds. The molecule has 6 nitrogen and oxygen atoms in total. The van der Waals surface area contributed by atoms with Crippen LogP contribution >= 0.6 is 11.6 Å². The SMILES string of the molecule is Nc1ccc(S(=O)(=O)c2ccc(-c3ncc(C(O)(C(F)(F)F)C(F)(F)F)cc3Cl)cc2)cn1. The van der Waals surface area contributed by atoms with E-state index in [1.54, 1.807) is 0 Å². The van der Waals surface area contributed by atoms with Crippen LogP contribution in [-0.4, -0.2) is 35.8 Å². The normalized spacial score (nSPS) is 13.2. The van der Waals surface area contributed by atoms with Gasteiger partial charge >= 0.3 is 12.4 Å². The standard InChI is InChI=1S/C19H12ClF6N3O3S/c20-14-7-11(17(30,18(21,22)23)19(24,25)26)8-29-16(14)10-1-3-12(4-2-10)33(31,32)13-5-6-15(27)28-9-13/h1-9,30H,(H2,27,28). The number of nitrogens with zero attached hydrogens (tertiary/aromatic N) is 2. The van der Waals surface area contributed by atoms with Crippen molar-refractivity contribution in [1.29, 1.82) is 0 Å². The lowest BCUT2D eigenvalue weighted by Gasteiger charge is -2.32. The van der Waals surface area contributed by atoms with Crippen molar-refractivity contribution in [2.24, 2.45) is 0 Å². The molecule has 14 heteroatoms. The summed E-state index contributed by atoms with van der Waals surface area (Å²) in [5, 5.41) is 8.84. The topological polar surface area (TPSA) is 106 Å². The third-order valence-electron chi connectivity index (χ3n) is 4.59. The lowest BCUT2D eigenvalue weighted by Crippen LogP contribution is -2.54. The third-order valence-corrected chi connectivity index (χ3v) is 6.63. The number of hydrogen-bond donors (Lipinski definition) is 2. The molecular weight excluding hydrogens is 500 g/mol. The van der Waals surface area contributed by atoms with E-state index in [0.717, 1.165) is 18.3 Å². The van der Waals surface area contributed by atoms with Gasteiger partial charge in [0.25, 0.3) is 5.60 Å². The van der Waals surface area contributed by atoms with E-state index in [4.69, 9.17) is 17.3 Å². The predicted molar refractivity (Wildman–Crippen MR) is 105 cm³/mol. The predicted octanol–water partition coefficient (Wildman–Crippen LogP) is 4.52. The molecule has 0 fully saturated rings. The highest BCUT2D eigenvalue weighted by molar-refractivity contribution is 7.91. The molecule has 0 atom stereocenters. The van der Waals surface area contributed by atoms with Crippen LogP contribution in [0.4, 0.5) is 32.2 Å². The van der Waals surface area contributed by atoms with Crippen LogP contribution in [0.2, 0.25) is 5.02 Å². The van der Waals surface area contributed by atoms with Crippen LogP contribution in [0.3, 0.4) is 0 Å². The molecule has 3 N–H and O–H groups in total. The zero-order valence-electron chi connectivity index (χ0n) is 16.0. The van der Waals surface area contributed by atoms with Crippen molar-refractivity contribution in [2.75, 3.05) is 5.73 Å². The Balaban J connectivity index is 1.99. The molecule has 176 valence electrons. The quantitative estimate of drug-likeness (QED) is 0.499. The fourth-order valence-electron chi connectivity index (χ4n) is 2.81. The second-order valence-corrected chi connectivity index (χ2v) is 9.06. The van der Waals surface area contributed by atoms with Crippen molar-refractivity contribution in [3.8, 4) is 11.3 Å². The summed E-state index contributed by atoms with van der Waals surface area (Å²) in [6, 6.07) is 7.55. The lowest BCUT2D eigenvalue weighted by atomic mass is 9.93. The van der Waals surface area contributed by atoms with Gasteiger partial charge in [0.15, 0.2) is 0 Å². The van der Waals surface area contributed by atoms with Gasteiger partial charge in [-0.25, -0.2) is 13.4 Å². The fourth-order valence-corrected chi connectivity index (χ4v) is 4.30. The molecule has 0 aliphatic heterocycles. The minimum absolute atomic E-state index is 0.100. The number of sulfone groups is 1. The average molecular weight is 512 g/mol. The van der Waals surface area contributed by atoms with Gasteiger partial charge in [-0.1, -0.05) is 23.7 Å². The van der Waals surface area contributed by atoms with Crippen LogP contribution in [0.5, 0.6) is 0 Å². The Kier molecular flexibility index (Phi) is 6.11. The summed E-state index contributed by atoms with van der Waals surface area (Å²) >= 11 is 5.86. The van der Waals surface area contributed by atoms with Crippen LogP contribution in [-0.2, 0) is 15.4 Å². The maximum atomic E-state index is 13.1. The molecule has 2 heterocycles. The second-order valence-electron chi connectivity index (χ2n) is 6.71. The number of benzene rings is 1. The van der Waals surface area contributed by atoms with Crippen LogP contribution in [0.25, 0.3) is 11.3 Å². The van der Waals surface area contributed by atoms with Crippen molar-refractivity contribution < 1.29 is 39.9 Å². The Morgan fingerprint density at radius 2 is 1.39 bits per heavy atom. The first-order valence-corrected chi connectivity index (χ1v) is 10.5. The maximum Gasteiger partial charge on any atom is 0.430 e. The van der Waals surface area contributed by atoms with Crippen molar-refractivity contribution in [2.45, 2.75) is 27.7 Å². The Morgan fingerprint density at radius 3 is 1.85 bits per heavy atom. The number of aliphatic hydroxyl groups is 1.